The average molecular weight is 717 g/mol. The molecule has 0 fully saturated rings. The number of para-hydroxylation sites is 2. The molecule has 0 saturated heterocycles. The molecule has 11 aromatic carbocycles. The molecule has 2 aromatic heterocycles. The van der Waals surface area contributed by atoms with Gasteiger partial charge in [-0.2, -0.15) is 0 Å². The summed E-state index contributed by atoms with van der Waals surface area (Å²) >= 11 is 0. The van der Waals surface area contributed by atoms with E-state index >= 15 is 0 Å². The Bertz CT molecular complexity index is 3790. The first kappa shape index (κ1) is 29.0. The third kappa shape index (κ3) is 3.24. The smallest absolute Gasteiger partial charge is 0.252 e. The maximum absolute atomic E-state index is 2.61. The first-order valence-corrected chi connectivity index (χ1v) is 20.1. The fourth-order valence-corrected chi connectivity index (χ4v) is 11.8. The molecule has 0 N–H and O–H groups in total. The van der Waals surface area contributed by atoms with Gasteiger partial charge in [-0.3, -0.25) is 0 Å². The van der Waals surface area contributed by atoms with Crippen molar-refractivity contribution in [2.45, 2.75) is 0 Å². The largest absolute Gasteiger partial charge is 0.310 e. The SMILES string of the molecule is c1cc2c3c(c1)-n1c4ccccc4c4c5c6ccccc6c6ccccc6c5cc(c41)B3c1cc3c4ccccc4c4ccccc4c3c3c4ccccc4n-2c13. The van der Waals surface area contributed by atoms with E-state index < -0.39 is 0 Å². The molecule has 0 unspecified atom stereocenters. The van der Waals surface area contributed by atoms with Gasteiger partial charge in [0.15, 0.2) is 0 Å². The molecule has 3 heteroatoms. The average Bonchev–Trinajstić information content (AvgIpc) is 3.81. The van der Waals surface area contributed by atoms with Gasteiger partial charge in [0.2, 0.25) is 0 Å². The van der Waals surface area contributed by atoms with Crippen LogP contribution < -0.4 is 16.4 Å². The van der Waals surface area contributed by atoms with Crippen LogP contribution in [0.4, 0.5) is 0 Å². The van der Waals surface area contributed by atoms with Crippen LogP contribution in [-0.4, -0.2) is 15.8 Å². The summed E-state index contributed by atoms with van der Waals surface area (Å²) in [5.74, 6) is 0. The van der Waals surface area contributed by atoms with E-state index in [2.05, 4.69) is 185 Å². The first-order chi connectivity index (χ1) is 28.3. The molecule has 15 rings (SSSR count). The van der Waals surface area contributed by atoms with E-state index in [-0.39, 0.29) is 6.71 Å². The van der Waals surface area contributed by atoms with Crippen molar-refractivity contribution < 1.29 is 0 Å². The number of aromatic nitrogens is 2. The van der Waals surface area contributed by atoms with Gasteiger partial charge in [0.25, 0.3) is 6.71 Å². The molecule has 0 saturated carbocycles. The van der Waals surface area contributed by atoms with Crippen molar-refractivity contribution in [1.82, 2.24) is 9.13 Å². The molecule has 0 atom stereocenters. The van der Waals surface area contributed by atoms with E-state index in [4.69, 9.17) is 0 Å². The summed E-state index contributed by atoms with van der Waals surface area (Å²) < 4.78 is 5.22. The number of rotatable bonds is 0. The lowest BCUT2D eigenvalue weighted by Crippen LogP contribution is -2.59. The molecule has 2 nitrogen and oxygen atoms in total. The minimum absolute atomic E-state index is 0.0269. The number of hydrogen-bond donors (Lipinski definition) is 0. The van der Waals surface area contributed by atoms with Crippen molar-refractivity contribution in [3.05, 3.63) is 176 Å². The van der Waals surface area contributed by atoms with Gasteiger partial charge in [-0.05, 0) is 94.5 Å². The molecule has 2 aliphatic rings. The molecule has 0 radical (unpaired) electrons. The lowest BCUT2D eigenvalue weighted by molar-refractivity contribution is 1.14. The lowest BCUT2D eigenvalue weighted by atomic mass is 9.34. The fraction of sp³-hybridized carbons (Fsp3) is 0. The standard InChI is InChI=1S/C54H29BN2/c1-3-18-34-30(14-1)32-16-5-7-20-36(32)48-40(34)28-42-53-50(48)38-22-9-11-24-44(38)56(53)46-26-13-27-47-52(46)55(42)43-29-41-35-19-4-2-15-31(35)33-17-6-8-21-37(33)49(41)51-39-23-10-12-25-45(39)57(47)54(43)51/h1-29H. The van der Waals surface area contributed by atoms with Gasteiger partial charge >= 0.3 is 0 Å². The Labute approximate surface area is 326 Å². The Balaban J connectivity index is 1.24. The van der Waals surface area contributed by atoms with Crippen LogP contribution in [0.2, 0.25) is 0 Å². The van der Waals surface area contributed by atoms with Crippen LogP contribution in [0.1, 0.15) is 0 Å². The first-order valence-electron chi connectivity index (χ1n) is 20.1. The number of benzene rings is 11. The van der Waals surface area contributed by atoms with Gasteiger partial charge in [-0.1, -0.05) is 152 Å². The number of nitrogens with zero attached hydrogens (tertiary/aromatic N) is 2. The summed E-state index contributed by atoms with van der Waals surface area (Å²) in [5.41, 5.74) is 11.9. The van der Waals surface area contributed by atoms with E-state index in [1.54, 1.807) is 0 Å². The normalized spacial score (nSPS) is 13.2. The summed E-state index contributed by atoms with van der Waals surface area (Å²) in [6, 6.07) is 66.7. The Hall–Kier alpha value is -7.36. The van der Waals surface area contributed by atoms with Crippen molar-refractivity contribution in [2.75, 3.05) is 0 Å². The summed E-state index contributed by atoms with van der Waals surface area (Å²) in [6.45, 7) is 0.0269. The lowest BCUT2D eigenvalue weighted by Gasteiger charge is -2.34. The van der Waals surface area contributed by atoms with Crippen LogP contribution >= 0.6 is 0 Å². The summed E-state index contributed by atoms with van der Waals surface area (Å²) in [5, 5.41) is 21.2. The van der Waals surface area contributed by atoms with E-state index in [1.165, 1.54) is 136 Å². The van der Waals surface area contributed by atoms with E-state index in [0.29, 0.717) is 0 Å². The van der Waals surface area contributed by atoms with Gasteiger partial charge < -0.3 is 9.13 Å². The second kappa shape index (κ2) is 9.89. The minimum Gasteiger partial charge on any atom is -0.310 e. The predicted octanol–water partition coefficient (Wildman–Crippen LogP) is 11.9. The Morgan fingerprint density at radius 1 is 0.281 bits per heavy atom. The van der Waals surface area contributed by atoms with Gasteiger partial charge in [0, 0.05) is 43.7 Å². The van der Waals surface area contributed by atoms with Gasteiger partial charge in [0.1, 0.15) is 0 Å². The third-order valence-electron chi connectivity index (χ3n) is 13.8. The summed E-state index contributed by atoms with van der Waals surface area (Å²) in [4.78, 5) is 0. The molecule has 0 spiro atoms. The van der Waals surface area contributed by atoms with Crippen molar-refractivity contribution in [1.29, 1.82) is 0 Å². The summed E-state index contributed by atoms with van der Waals surface area (Å²) in [6.07, 6.45) is 0. The summed E-state index contributed by atoms with van der Waals surface area (Å²) in [7, 11) is 0. The molecule has 258 valence electrons. The number of fused-ring (bicyclic) bond motifs is 24. The predicted molar refractivity (Wildman–Crippen MR) is 245 cm³/mol. The monoisotopic (exact) mass is 716 g/mol. The van der Waals surface area contributed by atoms with E-state index in [1.807, 2.05) is 0 Å². The highest BCUT2D eigenvalue weighted by atomic mass is 15.0. The zero-order chi connectivity index (χ0) is 36.7. The molecular weight excluding hydrogens is 687 g/mol. The maximum Gasteiger partial charge on any atom is 0.252 e. The number of hydrogen-bond acceptors (Lipinski definition) is 0. The van der Waals surface area contributed by atoms with Crippen LogP contribution in [0.15, 0.2) is 176 Å². The molecule has 2 aliphatic heterocycles. The van der Waals surface area contributed by atoms with Crippen LogP contribution in [-0.2, 0) is 0 Å². The molecule has 0 aliphatic carbocycles. The quantitative estimate of drug-likeness (QED) is 0.109. The van der Waals surface area contributed by atoms with Gasteiger partial charge in [-0.25, -0.2) is 0 Å². The Morgan fingerprint density at radius 3 is 1.04 bits per heavy atom. The zero-order valence-electron chi connectivity index (χ0n) is 30.7. The fourth-order valence-electron chi connectivity index (χ4n) is 11.8. The van der Waals surface area contributed by atoms with Crippen molar-refractivity contribution in [3.63, 3.8) is 0 Å². The molecule has 0 amide bonds. The Morgan fingerprint density at radius 2 is 0.614 bits per heavy atom. The highest BCUT2D eigenvalue weighted by molar-refractivity contribution is 7.00. The second-order valence-corrected chi connectivity index (χ2v) is 16.3. The second-order valence-electron chi connectivity index (χ2n) is 16.3. The third-order valence-corrected chi connectivity index (χ3v) is 13.8. The zero-order valence-corrected chi connectivity index (χ0v) is 30.7. The van der Waals surface area contributed by atoms with Crippen LogP contribution in [0.25, 0.3) is 120 Å². The van der Waals surface area contributed by atoms with E-state index in [9.17, 15) is 0 Å². The topological polar surface area (TPSA) is 9.86 Å². The molecule has 4 heterocycles. The van der Waals surface area contributed by atoms with Crippen LogP contribution in [0.3, 0.4) is 0 Å². The molecular formula is C54H29BN2. The van der Waals surface area contributed by atoms with Crippen molar-refractivity contribution >= 4 is 131 Å². The Kier molecular flexibility index (Phi) is 5.03. The molecule has 57 heavy (non-hydrogen) atoms. The van der Waals surface area contributed by atoms with Crippen molar-refractivity contribution in [3.8, 4) is 11.4 Å². The highest BCUT2D eigenvalue weighted by Crippen LogP contribution is 2.47. The van der Waals surface area contributed by atoms with Crippen molar-refractivity contribution in [2.24, 2.45) is 0 Å². The maximum atomic E-state index is 2.61. The van der Waals surface area contributed by atoms with Gasteiger partial charge in [-0.15, -0.1) is 0 Å². The van der Waals surface area contributed by atoms with Gasteiger partial charge in [0.05, 0.1) is 22.1 Å². The minimum atomic E-state index is 0.0269. The molecule has 0 bridgehead atoms. The highest BCUT2D eigenvalue weighted by Gasteiger charge is 2.42. The van der Waals surface area contributed by atoms with Crippen LogP contribution in [0.5, 0.6) is 0 Å². The molecule has 13 aromatic rings. The van der Waals surface area contributed by atoms with Crippen LogP contribution in [0, 0.1) is 0 Å². The van der Waals surface area contributed by atoms with E-state index in [0.717, 1.165) is 0 Å².